The first kappa shape index (κ1) is 10.5. The fraction of sp³-hybridized carbons (Fsp3) is 0.273. The summed E-state index contributed by atoms with van der Waals surface area (Å²) >= 11 is 0. The molecule has 84 valence electrons. The van der Waals surface area contributed by atoms with Crippen molar-refractivity contribution in [2.24, 2.45) is 0 Å². The van der Waals surface area contributed by atoms with Crippen LogP contribution in [0.4, 0.5) is 0 Å². The standard InChI is InChI=1S/C11H10O5/c12-7-1-3-8(4-2-7)15-9-5-6-10(13)16-11(9)14/h1-4,9,12H,5-6H2. The maximum absolute atomic E-state index is 11.3. The highest BCUT2D eigenvalue weighted by molar-refractivity contribution is 5.90. The van der Waals surface area contributed by atoms with Gasteiger partial charge in [0.1, 0.15) is 11.5 Å². The molecule has 16 heavy (non-hydrogen) atoms. The maximum atomic E-state index is 11.3. The number of rotatable bonds is 2. The molecule has 1 atom stereocenters. The number of carbonyl (C=O) groups is 2. The normalized spacial score (nSPS) is 20.4. The van der Waals surface area contributed by atoms with E-state index < -0.39 is 18.0 Å². The van der Waals surface area contributed by atoms with Crippen LogP contribution in [0, 0.1) is 0 Å². The number of aromatic hydroxyl groups is 1. The van der Waals surface area contributed by atoms with Crippen LogP contribution < -0.4 is 4.74 Å². The number of phenolic OH excluding ortho intramolecular Hbond substituents is 1. The summed E-state index contributed by atoms with van der Waals surface area (Å²) in [7, 11) is 0. The van der Waals surface area contributed by atoms with E-state index in [9.17, 15) is 9.59 Å². The van der Waals surface area contributed by atoms with Crippen LogP contribution in [0.5, 0.6) is 11.5 Å². The molecule has 0 aliphatic carbocycles. The Morgan fingerprint density at radius 3 is 2.56 bits per heavy atom. The van der Waals surface area contributed by atoms with Gasteiger partial charge in [0.15, 0.2) is 6.10 Å². The van der Waals surface area contributed by atoms with Crippen LogP contribution in [0.2, 0.25) is 0 Å². The van der Waals surface area contributed by atoms with E-state index in [2.05, 4.69) is 4.74 Å². The van der Waals surface area contributed by atoms with Gasteiger partial charge in [-0.15, -0.1) is 0 Å². The molecule has 1 aliphatic rings. The second kappa shape index (κ2) is 4.22. The summed E-state index contributed by atoms with van der Waals surface area (Å²) in [4.78, 5) is 22.0. The van der Waals surface area contributed by atoms with Crippen molar-refractivity contribution in [2.45, 2.75) is 18.9 Å². The molecule has 1 unspecified atom stereocenters. The number of hydrogen-bond acceptors (Lipinski definition) is 5. The molecule has 1 saturated heterocycles. The van der Waals surface area contributed by atoms with Crippen molar-refractivity contribution in [3.63, 3.8) is 0 Å². The fourth-order valence-electron chi connectivity index (χ4n) is 1.39. The van der Waals surface area contributed by atoms with E-state index in [0.29, 0.717) is 12.2 Å². The molecule has 0 bridgehead atoms. The van der Waals surface area contributed by atoms with E-state index in [1.165, 1.54) is 12.1 Å². The summed E-state index contributed by atoms with van der Waals surface area (Å²) in [6.45, 7) is 0. The average molecular weight is 222 g/mol. The number of ether oxygens (including phenoxy) is 2. The third-order valence-corrected chi connectivity index (χ3v) is 2.20. The Hall–Kier alpha value is -2.04. The number of benzene rings is 1. The minimum atomic E-state index is -0.748. The van der Waals surface area contributed by atoms with Crippen molar-refractivity contribution in [3.05, 3.63) is 24.3 Å². The van der Waals surface area contributed by atoms with Crippen molar-refractivity contribution < 1.29 is 24.2 Å². The summed E-state index contributed by atoms with van der Waals surface area (Å²) in [5, 5.41) is 9.06. The molecule has 1 aromatic carbocycles. The first-order chi connectivity index (χ1) is 7.65. The summed E-state index contributed by atoms with van der Waals surface area (Å²) in [5.41, 5.74) is 0. The van der Waals surface area contributed by atoms with Crippen molar-refractivity contribution in [3.8, 4) is 11.5 Å². The third kappa shape index (κ3) is 2.31. The molecule has 5 heteroatoms. The van der Waals surface area contributed by atoms with Gasteiger partial charge in [-0.1, -0.05) is 0 Å². The Kier molecular flexibility index (Phi) is 2.76. The molecule has 2 rings (SSSR count). The molecule has 0 saturated carbocycles. The lowest BCUT2D eigenvalue weighted by molar-refractivity contribution is -0.170. The van der Waals surface area contributed by atoms with Crippen LogP contribution in [-0.2, 0) is 14.3 Å². The van der Waals surface area contributed by atoms with Gasteiger partial charge in [-0.05, 0) is 24.3 Å². The quantitative estimate of drug-likeness (QED) is 0.597. The van der Waals surface area contributed by atoms with Gasteiger partial charge in [-0.2, -0.15) is 0 Å². The molecular weight excluding hydrogens is 212 g/mol. The summed E-state index contributed by atoms with van der Waals surface area (Å²) in [6.07, 6.45) is -0.255. The van der Waals surface area contributed by atoms with Crippen LogP contribution in [0.25, 0.3) is 0 Å². The van der Waals surface area contributed by atoms with E-state index in [-0.39, 0.29) is 12.2 Å². The van der Waals surface area contributed by atoms with Crippen molar-refractivity contribution in [1.82, 2.24) is 0 Å². The zero-order valence-electron chi connectivity index (χ0n) is 8.38. The van der Waals surface area contributed by atoms with Gasteiger partial charge in [0.2, 0.25) is 0 Å². The largest absolute Gasteiger partial charge is 0.508 e. The monoisotopic (exact) mass is 222 g/mol. The van der Waals surface area contributed by atoms with Crippen LogP contribution in [-0.4, -0.2) is 23.1 Å². The van der Waals surface area contributed by atoms with Crippen LogP contribution in [0.15, 0.2) is 24.3 Å². The molecule has 1 N–H and O–H groups in total. The number of hydrogen-bond donors (Lipinski definition) is 1. The Bertz CT molecular complexity index is 409. The van der Waals surface area contributed by atoms with Gasteiger partial charge in [-0.3, -0.25) is 4.79 Å². The second-order valence-corrected chi connectivity index (χ2v) is 3.43. The average Bonchev–Trinajstić information content (AvgIpc) is 2.25. The molecule has 1 heterocycles. The van der Waals surface area contributed by atoms with E-state index >= 15 is 0 Å². The lowest BCUT2D eigenvalue weighted by Gasteiger charge is -2.20. The lowest BCUT2D eigenvalue weighted by atomic mass is 10.1. The Morgan fingerprint density at radius 2 is 1.94 bits per heavy atom. The van der Waals surface area contributed by atoms with E-state index in [4.69, 9.17) is 9.84 Å². The minimum absolute atomic E-state index is 0.119. The maximum Gasteiger partial charge on any atom is 0.354 e. The van der Waals surface area contributed by atoms with Crippen molar-refractivity contribution in [2.75, 3.05) is 0 Å². The zero-order chi connectivity index (χ0) is 11.5. The van der Waals surface area contributed by atoms with Gasteiger partial charge >= 0.3 is 11.9 Å². The van der Waals surface area contributed by atoms with Crippen LogP contribution in [0.3, 0.4) is 0 Å². The highest BCUT2D eigenvalue weighted by Gasteiger charge is 2.30. The Balaban J connectivity index is 2.02. The number of phenols is 1. The third-order valence-electron chi connectivity index (χ3n) is 2.20. The predicted molar refractivity (Wildman–Crippen MR) is 52.9 cm³/mol. The van der Waals surface area contributed by atoms with Gasteiger partial charge in [0, 0.05) is 6.42 Å². The Morgan fingerprint density at radius 1 is 1.25 bits per heavy atom. The van der Waals surface area contributed by atoms with E-state index in [1.807, 2.05) is 0 Å². The summed E-state index contributed by atoms with van der Waals surface area (Å²) in [6, 6.07) is 5.99. The van der Waals surface area contributed by atoms with Gasteiger partial charge in [-0.25, -0.2) is 4.79 Å². The van der Waals surface area contributed by atoms with Crippen molar-refractivity contribution >= 4 is 11.9 Å². The smallest absolute Gasteiger partial charge is 0.354 e. The molecular formula is C11H10O5. The number of cyclic esters (lactones) is 2. The summed E-state index contributed by atoms with van der Waals surface area (Å²) in [5.74, 6) is -0.609. The number of esters is 2. The first-order valence-electron chi connectivity index (χ1n) is 4.85. The Labute approximate surface area is 91.6 Å². The lowest BCUT2D eigenvalue weighted by Crippen LogP contribution is -2.36. The topological polar surface area (TPSA) is 72.8 Å². The summed E-state index contributed by atoms with van der Waals surface area (Å²) < 4.78 is 9.78. The molecule has 0 radical (unpaired) electrons. The molecule has 0 amide bonds. The number of carbonyl (C=O) groups excluding carboxylic acids is 2. The van der Waals surface area contributed by atoms with Gasteiger partial charge < -0.3 is 14.6 Å². The molecule has 1 aliphatic heterocycles. The molecule has 1 aromatic rings. The van der Waals surface area contributed by atoms with Crippen molar-refractivity contribution in [1.29, 1.82) is 0 Å². The molecule has 1 fully saturated rings. The van der Waals surface area contributed by atoms with Gasteiger partial charge in [0.25, 0.3) is 0 Å². The van der Waals surface area contributed by atoms with E-state index in [0.717, 1.165) is 0 Å². The molecule has 0 aromatic heterocycles. The molecule has 5 nitrogen and oxygen atoms in total. The van der Waals surface area contributed by atoms with E-state index in [1.54, 1.807) is 12.1 Å². The minimum Gasteiger partial charge on any atom is -0.508 e. The zero-order valence-corrected chi connectivity index (χ0v) is 8.38. The highest BCUT2D eigenvalue weighted by atomic mass is 16.6. The first-order valence-corrected chi connectivity index (χ1v) is 4.85. The fourth-order valence-corrected chi connectivity index (χ4v) is 1.39. The molecule has 0 spiro atoms. The second-order valence-electron chi connectivity index (χ2n) is 3.43. The highest BCUT2D eigenvalue weighted by Crippen LogP contribution is 2.20. The predicted octanol–water partition coefficient (Wildman–Crippen LogP) is 1.00. The van der Waals surface area contributed by atoms with Crippen LogP contribution in [0.1, 0.15) is 12.8 Å². The van der Waals surface area contributed by atoms with Gasteiger partial charge in [0.05, 0.1) is 6.42 Å². The van der Waals surface area contributed by atoms with Crippen LogP contribution >= 0.6 is 0 Å². The SMILES string of the molecule is O=C1CCC(Oc2ccc(O)cc2)C(=O)O1.